The lowest BCUT2D eigenvalue weighted by Crippen LogP contribution is -2.35. The van der Waals surface area contributed by atoms with Crippen molar-refractivity contribution in [2.75, 3.05) is 33.7 Å². The number of Topliss-reactive ketones (excluding diaryl/α,β-unsaturated/α-hetero) is 1. The van der Waals surface area contributed by atoms with Crippen molar-refractivity contribution in [3.8, 4) is 0 Å². The summed E-state index contributed by atoms with van der Waals surface area (Å²) in [7, 11) is 4.17. The molecular formula is C15H20Cl2N2O. The van der Waals surface area contributed by atoms with Gasteiger partial charge in [0, 0.05) is 29.7 Å². The molecule has 2 rings (SSSR count). The molecule has 1 saturated heterocycles. The van der Waals surface area contributed by atoms with Gasteiger partial charge in [0.1, 0.15) is 0 Å². The van der Waals surface area contributed by atoms with Crippen molar-refractivity contribution in [3.05, 3.63) is 33.8 Å². The molecule has 1 heterocycles. The zero-order valence-electron chi connectivity index (χ0n) is 12.1. The first-order valence-electron chi connectivity index (χ1n) is 6.75. The van der Waals surface area contributed by atoms with Gasteiger partial charge in [-0.05, 0) is 38.2 Å². The highest BCUT2D eigenvalue weighted by molar-refractivity contribution is 6.36. The maximum absolute atomic E-state index is 12.4. The monoisotopic (exact) mass is 314 g/mol. The van der Waals surface area contributed by atoms with Crippen LogP contribution >= 0.6 is 23.2 Å². The van der Waals surface area contributed by atoms with Gasteiger partial charge in [-0.2, -0.15) is 0 Å². The number of hydrogen-bond donors (Lipinski definition) is 0. The Labute approximate surface area is 130 Å². The molecule has 2 unspecified atom stereocenters. The van der Waals surface area contributed by atoms with Gasteiger partial charge in [-0.3, -0.25) is 9.69 Å². The number of likely N-dealkylation sites (tertiary alicyclic amines) is 1. The molecule has 1 aliphatic rings. The van der Waals surface area contributed by atoms with E-state index in [1.807, 2.05) is 0 Å². The normalized spacial score (nSPS) is 23.5. The Morgan fingerprint density at radius 3 is 2.65 bits per heavy atom. The van der Waals surface area contributed by atoms with E-state index in [1.54, 1.807) is 18.2 Å². The number of halogens is 2. The number of likely N-dealkylation sites (N-methyl/N-ethyl adjacent to an activating group) is 1. The highest BCUT2D eigenvalue weighted by Crippen LogP contribution is 2.24. The van der Waals surface area contributed by atoms with Crippen molar-refractivity contribution in [2.45, 2.75) is 13.0 Å². The lowest BCUT2D eigenvalue weighted by molar-refractivity contribution is 0.0941. The summed E-state index contributed by atoms with van der Waals surface area (Å²) in [5.74, 6) is 0.594. The van der Waals surface area contributed by atoms with E-state index in [-0.39, 0.29) is 5.78 Å². The third kappa shape index (κ3) is 3.53. The second-order valence-corrected chi connectivity index (χ2v) is 6.59. The number of hydrogen-bond acceptors (Lipinski definition) is 3. The first kappa shape index (κ1) is 15.8. The summed E-state index contributed by atoms with van der Waals surface area (Å²) in [5, 5.41) is 1.01. The fourth-order valence-corrected chi connectivity index (χ4v) is 3.24. The van der Waals surface area contributed by atoms with Crippen LogP contribution in [0.5, 0.6) is 0 Å². The number of ketones is 1. The number of carbonyl (C=O) groups is 1. The van der Waals surface area contributed by atoms with Gasteiger partial charge in [0.15, 0.2) is 5.78 Å². The molecule has 0 N–H and O–H groups in total. The molecular weight excluding hydrogens is 295 g/mol. The zero-order chi connectivity index (χ0) is 14.9. The molecule has 0 radical (unpaired) electrons. The molecule has 20 heavy (non-hydrogen) atoms. The van der Waals surface area contributed by atoms with Crippen molar-refractivity contribution in [1.82, 2.24) is 9.80 Å². The fraction of sp³-hybridized carbons (Fsp3) is 0.533. The molecule has 5 heteroatoms. The average Bonchev–Trinajstić information content (AvgIpc) is 2.73. The van der Waals surface area contributed by atoms with Gasteiger partial charge >= 0.3 is 0 Å². The van der Waals surface area contributed by atoms with Crippen LogP contribution < -0.4 is 0 Å². The summed E-state index contributed by atoms with van der Waals surface area (Å²) < 4.78 is 0. The number of rotatable bonds is 4. The van der Waals surface area contributed by atoms with Gasteiger partial charge in [0.25, 0.3) is 0 Å². The summed E-state index contributed by atoms with van der Waals surface area (Å²) in [6, 6.07) is 5.51. The van der Waals surface area contributed by atoms with Crippen molar-refractivity contribution in [1.29, 1.82) is 0 Å². The Morgan fingerprint density at radius 2 is 2.05 bits per heavy atom. The molecule has 110 valence electrons. The quantitative estimate of drug-likeness (QED) is 0.798. The van der Waals surface area contributed by atoms with Crippen LogP contribution in [-0.2, 0) is 0 Å². The predicted molar refractivity (Wildman–Crippen MR) is 83.9 cm³/mol. The molecule has 1 aromatic carbocycles. The Balaban J connectivity index is 2.04. The lowest BCUT2D eigenvalue weighted by Gasteiger charge is -2.22. The second-order valence-electron chi connectivity index (χ2n) is 5.75. The molecule has 0 saturated carbocycles. The van der Waals surface area contributed by atoms with Gasteiger partial charge in [0.2, 0.25) is 0 Å². The molecule has 0 aromatic heterocycles. The molecule has 3 nitrogen and oxygen atoms in total. The summed E-state index contributed by atoms with van der Waals surface area (Å²) in [5.41, 5.74) is 0.514. The van der Waals surface area contributed by atoms with E-state index < -0.39 is 0 Å². The number of nitrogens with zero attached hydrogens (tertiary/aromatic N) is 2. The third-order valence-corrected chi connectivity index (χ3v) is 4.47. The van der Waals surface area contributed by atoms with Gasteiger partial charge in [-0.25, -0.2) is 0 Å². The lowest BCUT2D eigenvalue weighted by atomic mass is 10.1. The van der Waals surface area contributed by atoms with E-state index in [0.29, 0.717) is 34.1 Å². The number of carbonyl (C=O) groups excluding carboxylic acids is 1. The van der Waals surface area contributed by atoms with Crippen molar-refractivity contribution in [2.24, 2.45) is 5.92 Å². The summed E-state index contributed by atoms with van der Waals surface area (Å²) in [6.07, 6.45) is 0. The maximum atomic E-state index is 12.4. The molecule has 1 aliphatic heterocycles. The van der Waals surface area contributed by atoms with Crippen molar-refractivity contribution in [3.63, 3.8) is 0 Å². The van der Waals surface area contributed by atoms with E-state index in [9.17, 15) is 4.79 Å². The first-order chi connectivity index (χ1) is 9.38. The smallest absolute Gasteiger partial charge is 0.178 e. The van der Waals surface area contributed by atoms with Gasteiger partial charge < -0.3 is 4.90 Å². The van der Waals surface area contributed by atoms with Crippen molar-refractivity contribution < 1.29 is 4.79 Å². The Hall–Kier alpha value is -0.610. The molecule has 1 aromatic rings. The topological polar surface area (TPSA) is 23.6 Å². The van der Waals surface area contributed by atoms with E-state index in [4.69, 9.17) is 23.2 Å². The average molecular weight is 315 g/mol. The van der Waals surface area contributed by atoms with Crippen LogP contribution in [0.15, 0.2) is 18.2 Å². The van der Waals surface area contributed by atoms with Crippen LogP contribution in [0.4, 0.5) is 0 Å². The van der Waals surface area contributed by atoms with E-state index in [1.165, 1.54) is 0 Å². The minimum atomic E-state index is 0.0316. The van der Waals surface area contributed by atoms with E-state index in [0.717, 1.165) is 13.1 Å². The molecule has 0 spiro atoms. The summed E-state index contributed by atoms with van der Waals surface area (Å²) in [6.45, 7) is 4.47. The minimum Gasteiger partial charge on any atom is -0.305 e. The predicted octanol–water partition coefficient (Wildman–Crippen LogP) is 3.06. The third-order valence-electron chi connectivity index (χ3n) is 3.91. The summed E-state index contributed by atoms with van der Waals surface area (Å²) >= 11 is 12.0. The van der Waals surface area contributed by atoms with Crippen LogP contribution in [0.25, 0.3) is 0 Å². The van der Waals surface area contributed by atoms with Crippen LogP contribution in [-0.4, -0.2) is 55.4 Å². The molecule has 2 atom stereocenters. The number of benzene rings is 1. The largest absolute Gasteiger partial charge is 0.305 e. The van der Waals surface area contributed by atoms with Gasteiger partial charge in [-0.15, -0.1) is 0 Å². The molecule has 1 fully saturated rings. The molecule has 0 aliphatic carbocycles. The second kappa shape index (κ2) is 6.44. The highest BCUT2D eigenvalue weighted by atomic mass is 35.5. The zero-order valence-corrected chi connectivity index (χ0v) is 13.6. The SMILES string of the molecule is CC1CN(CC(=O)c2cc(Cl)ccc2Cl)CC1N(C)C. The highest BCUT2D eigenvalue weighted by Gasteiger charge is 2.32. The van der Waals surface area contributed by atoms with E-state index >= 15 is 0 Å². The van der Waals surface area contributed by atoms with Crippen molar-refractivity contribution >= 4 is 29.0 Å². The Bertz CT molecular complexity index is 505. The van der Waals surface area contributed by atoms with Crippen LogP contribution in [0.3, 0.4) is 0 Å². The fourth-order valence-electron chi connectivity index (χ4n) is 2.85. The maximum Gasteiger partial charge on any atom is 0.178 e. The first-order valence-corrected chi connectivity index (χ1v) is 7.51. The Morgan fingerprint density at radius 1 is 1.35 bits per heavy atom. The van der Waals surface area contributed by atoms with Gasteiger partial charge in [-0.1, -0.05) is 30.1 Å². The standard InChI is InChI=1S/C15H20Cl2N2O/c1-10-7-19(8-14(10)18(2)3)9-15(20)12-6-11(16)4-5-13(12)17/h4-6,10,14H,7-9H2,1-3H3. The van der Waals surface area contributed by atoms with E-state index in [2.05, 4.69) is 30.8 Å². The van der Waals surface area contributed by atoms with Crippen LogP contribution in [0.2, 0.25) is 10.0 Å². The van der Waals surface area contributed by atoms with Gasteiger partial charge in [0.05, 0.1) is 11.6 Å². The van der Waals surface area contributed by atoms with Crippen LogP contribution in [0, 0.1) is 5.92 Å². The Kier molecular flexibility index (Phi) is 5.08. The summed E-state index contributed by atoms with van der Waals surface area (Å²) in [4.78, 5) is 16.8. The molecule has 0 amide bonds. The minimum absolute atomic E-state index is 0.0316. The van der Waals surface area contributed by atoms with Crippen LogP contribution in [0.1, 0.15) is 17.3 Å². The molecule has 0 bridgehead atoms.